The molecule has 0 heterocycles. The first-order chi connectivity index (χ1) is 11.3. The molecule has 9 heteroatoms. The molecular weight excluding hydrogens is 400 g/mol. The summed E-state index contributed by atoms with van der Waals surface area (Å²) in [5.41, 5.74) is 0.345. The molecule has 0 saturated carbocycles. The van der Waals surface area contributed by atoms with Crippen molar-refractivity contribution in [3.8, 4) is 5.75 Å². The summed E-state index contributed by atoms with van der Waals surface area (Å²) in [7, 11) is -2.65. The summed E-state index contributed by atoms with van der Waals surface area (Å²) in [6, 6.07) is 10.2. The van der Waals surface area contributed by atoms with Crippen LogP contribution in [0.4, 0.5) is 5.69 Å². The number of methoxy groups -OCH3 is 1. The number of nitro benzene ring substituents is 1. The maximum atomic E-state index is 12.5. The molecule has 0 bridgehead atoms. The van der Waals surface area contributed by atoms with E-state index in [-0.39, 0.29) is 10.6 Å². The van der Waals surface area contributed by atoms with Gasteiger partial charge in [-0.2, -0.15) is 0 Å². The van der Waals surface area contributed by atoms with Crippen molar-refractivity contribution in [1.29, 1.82) is 0 Å². The molecule has 0 spiro atoms. The summed E-state index contributed by atoms with van der Waals surface area (Å²) in [6.45, 7) is 1.69. The van der Waals surface area contributed by atoms with Crippen LogP contribution in [-0.4, -0.2) is 20.5 Å². The standard InChI is InChI=1S/C15H15BrN2O5S/c1-10(12-5-3-4-6-13(12)16)17-24(21,22)11-7-8-15(23-2)14(9-11)18(19)20/h3-10,17H,1-2H3. The maximum absolute atomic E-state index is 12.5. The lowest BCUT2D eigenvalue weighted by molar-refractivity contribution is -0.386. The second-order valence-electron chi connectivity index (χ2n) is 4.96. The highest BCUT2D eigenvalue weighted by Crippen LogP contribution is 2.30. The Morgan fingerprint density at radius 2 is 1.92 bits per heavy atom. The number of nitrogens with zero attached hydrogens (tertiary/aromatic N) is 1. The van der Waals surface area contributed by atoms with E-state index in [1.165, 1.54) is 19.2 Å². The second-order valence-corrected chi connectivity index (χ2v) is 7.52. The van der Waals surface area contributed by atoms with Crippen LogP contribution in [0.3, 0.4) is 0 Å². The van der Waals surface area contributed by atoms with Gasteiger partial charge in [0.05, 0.1) is 16.9 Å². The maximum Gasteiger partial charge on any atom is 0.312 e. The number of hydrogen-bond donors (Lipinski definition) is 1. The Labute approximate surface area is 148 Å². The first-order valence-electron chi connectivity index (χ1n) is 6.85. The molecule has 0 aliphatic heterocycles. The molecular formula is C15H15BrN2O5S. The van der Waals surface area contributed by atoms with Gasteiger partial charge in [0.15, 0.2) is 5.75 Å². The average molecular weight is 415 g/mol. The first kappa shape index (κ1) is 18.4. The van der Waals surface area contributed by atoms with E-state index in [9.17, 15) is 18.5 Å². The third kappa shape index (κ3) is 3.92. The minimum absolute atomic E-state index is 0.00203. The summed E-state index contributed by atoms with van der Waals surface area (Å²) in [4.78, 5) is 10.2. The van der Waals surface area contributed by atoms with Gasteiger partial charge in [-0.1, -0.05) is 34.1 Å². The fourth-order valence-corrected chi connectivity index (χ4v) is 4.04. The third-order valence-electron chi connectivity index (χ3n) is 3.36. The van der Waals surface area contributed by atoms with Gasteiger partial charge < -0.3 is 4.74 Å². The Morgan fingerprint density at radius 3 is 2.50 bits per heavy atom. The largest absolute Gasteiger partial charge is 0.490 e. The first-order valence-corrected chi connectivity index (χ1v) is 9.13. The number of sulfonamides is 1. The number of rotatable bonds is 6. The van der Waals surface area contributed by atoms with Gasteiger partial charge in [0, 0.05) is 16.6 Å². The number of nitrogens with one attached hydrogen (secondary N) is 1. The van der Waals surface area contributed by atoms with Crippen molar-refractivity contribution in [2.24, 2.45) is 0 Å². The van der Waals surface area contributed by atoms with Gasteiger partial charge in [0.25, 0.3) is 0 Å². The zero-order valence-corrected chi connectivity index (χ0v) is 15.3. The van der Waals surface area contributed by atoms with Crippen LogP contribution in [0.25, 0.3) is 0 Å². The number of nitro groups is 1. The van der Waals surface area contributed by atoms with E-state index in [4.69, 9.17) is 4.74 Å². The summed E-state index contributed by atoms with van der Waals surface area (Å²) in [5.74, 6) is -0.00203. The number of ether oxygens (including phenoxy) is 1. The number of benzene rings is 2. The molecule has 7 nitrogen and oxygen atoms in total. The Bertz CT molecular complexity index is 870. The molecule has 2 rings (SSSR count). The van der Waals surface area contributed by atoms with Crippen LogP contribution in [0.15, 0.2) is 51.8 Å². The average Bonchev–Trinajstić information content (AvgIpc) is 2.54. The molecule has 1 atom stereocenters. The van der Waals surface area contributed by atoms with Crippen LogP contribution in [-0.2, 0) is 10.0 Å². The molecule has 1 N–H and O–H groups in total. The zero-order valence-electron chi connectivity index (χ0n) is 12.9. The lowest BCUT2D eigenvalue weighted by atomic mass is 10.1. The van der Waals surface area contributed by atoms with Crippen molar-refractivity contribution in [1.82, 2.24) is 4.72 Å². The Hall–Kier alpha value is -1.97. The molecule has 24 heavy (non-hydrogen) atoms. The summed E-state index contributed by atoms with van der Waals surface area (Å²) in [5, 5.41) is 11.1. The molecule has 1 unspecified atom stereocenters. The molecule has 0 aliphatic rings. The van der Waals surface area contributed by atoms with Crippen LogP contribution in [0.2, 0.25) is 0 Å². The van der Waals surface area contributed by atoms with E-state index in [1.54, 1.807) is 25.1 Å². The SMILES string of the molecule is COc1ccc(S(=O)(=O)NC(C)c2ccccc2Br)cc1[N+](=O)[O-]. The Kier molecular flexibility index (Phi) is 5.58. The lowest BCUT2D eigenvalue weighted by Crippen LogP contribution is -2.27. The summed E-state index contributed by atoms with van der Waals surface area (Å²) < 4.78 is 33.2. The van der Waals surface area contributed by atoms with Gasteiger partial charge in [-0.05, 0) is 30.7 Å². The molecule has 0 aliphatic carbocycles. The Balaban J connectivity index is 2.36. The quantitative estimate of drug-likeness (QED) is 0.576. The number of hydrogen-bond acceptors (Lipinski definition) is 5. The fraction of sp³-hybridized carbons (Fsp3) is 0.200. The van der Waals surface area contributed by atoms with Crippen molar-refractivity contribution < 1.29 is 18.1 Å². The van der Waals surface area contributed by atoms with E-state index in [1.807, 2.05) is 6.07 Å². The molecule has 128 valence electrons. The molecule has 0 aromatic heterocycles. The predicted octanol–water partition coefficient (Wildman–Crippen LogP) is 3.41. The van der Waals surface area contributed by atoms with Crippen LogP contribution < -0.4 is 9.46 Å². The smallest absolute Gasteiger partial charge is 0.312 e. The van der Waals surface area contributed by atoms with Crippen LogP contribution in [0, 0.1) is 10.1 Å². The summed E-state index contributed by atoms with van der Waals surface area (Å²) >= 11 is 3.37. The minimum Gasteiger partial charge on any atom is -0.490 e. The van der Waals surface area contributed by atoms with Crippen LogP contribution >= 0.6 is 15.9 Å². The third-order valence-corrected chi connectivity index (χ3v) is 5.62. The summed E-state index contributed by atoms with van der Waals surface area (Å²) in [6.07, 6.45) is 0. The zero-order chi connectivity index (χ0) is 17.9. The topological polar surface area (TPSA) is 98.5 Å². The van der Waals surface area contributed by atoms with Gasteiger partial charge in [0.2, 0.25) is 10.0 Å². The van der Waals surface area contributed by atoms with Crippen LogP contribution in [0.5, 0.6) is 5.75 Å². The fourth-order valence-electron chi connectivity index (χ4n) is 2.17. The van der Waals surface area contributed by atoms with E-state index >= 15 is 0 Å². The normalized spacial score (nSPS) is 12.6. The van der Waals surface area contributed by atoms with Crippen LogP contribution in [0.1, 0.15) is 18.5 Å². The van der Waals surface area contributed by atoms with Gasteiger partial charge in [-0.3, -0.25) is 10.1 Å². The van der Waals surface area contributed by atoms with Gasteiger partial charge in [0.1, 0.15) is 0 Å². The molecule has 0 saturated heterocycles. The molecule has 0 amide bonds. The lowest BCUT2D eigenvalue weighted by Gasteiger charge is -2.16. The van der Waals surface area contributed by atoms with Crippen molar-refractivity contribution in [3.63, 3.8) is 0 Å². The Morgan fingerprint density at radius 1 is 1.25 bits per heavy atom. The van der Waals surface area contributed by atoms with Gasteiger partial charge in [-0.25, -0.2) is 13.1 Å². The highest BCUT2D eigenvalue weighted by molar-refractivity contribution is 9.10. The van der Waals surface area contributed by atoms with E-state index in [0.717, 1.165) is 16.1 Å². The molecule has 2 aromatic rings. The highest BCUT2D eigenvalue weighted by atomic mass is 79.9. The van der Waals surface area contributed by atoms with E-state index < -0.39 is 26.7 Å². The molecule has 2 aromatic carbocycles. The highest BCUT2D eigenvalue weighted by Gasteiger charge is 2.24. The van der Waals surface area contributed by atoms with E-state index in [0.29, 0.717) is 0 Å². The minimum atomic E-state index is -3.94. The van der Waals surface area contributed by atoms with Crippen molar-refractivity contribution in [3.05, 3.63) is 62.6 Å². The van der Waals surface area contributed by atoms with Crippen molar-refractivity contribution >= 4 is 31.6 Å². The monoisotopic (exact) mass is 414 g/mol. The number of halogens is 1. The molecule has 0 radical (unpaired) electrons. The van der Waals surface area contributed by atoms with Crippen molar-refractivity contribution in [2.75, 3.05) is 7.11 Å². The molecule has 0 fully saturated rings. The van der Waals surface area contributed by atoms with Crippen molar-refractivity contribution in [2.45, 2.75) is 17.9 Å². The second kappa shape index (κ2) is 7.29. The van der Waals surface area contributed by atoms with E-state index in [2.05, 4.69) is 20.7 Å². The van der Waals surface area contributed by atoms with Gasteiger partial charge >= 0.3 is 5.69 Å². The van der Waals surface area contributed by atoms with Gasteiger partial charge in [-0.15, -0.1) is 0 Å². The predicted molar refractivity (Wildman–Crippen MR) is 92.5 cm³/mol.